The Balaban J connectivity index is 2.02. The molecular formula is C12H12F2N2O2. The summed E-state index contributed by atoms with van der Waals surface area (Å²) in [5.74, 6) is -2.94. The third-order valence-electron chi connectivity index (χ3n) is 2.80. The van der Waals surface area contributed by atoms with Crippen LogP contribution in [0.1, 0.15) is 12.8 Å². The van der Waals surface area contributed by atoms with Crippen molar-refractivity contribution in [1.29, 1.82) is 0 Å². The Morgan fingerprint density at radius 1 is 1.33 bits per heavy atom. The van der Waals surface area contributed by atoms with Crippen LogP contribution < -0.4 is 10.6 Å². The Bertz CT molecular complexity index is 491. The second kappa shape index (κ2) is 5.12. The van der Waals surface area contributed by atoms with E-state index in [9.17, 15) is 18.4 Å². The van der Waals surface area contributed by atoms with Gasteiger partial charge in [-0.1, -0.05) is 0 Å². The van der Waals surface area contributed by atoms with Gasteiger partial charge in [-0.3, -0.25) is 9.59 Å². The van der Waals surface area contributed by atoms with Crippen molar-refractivity contribution >= 4 is 17.5 Å². The summed E-state index contributed by atoms with van der Waals surface area (Å²) in [6.45, 7) is 0.453. The highest BCUT2D eigenvalue weighted by molar-refractivity contribution is 5.95. The molecule has 1 saturated heterocycles. The molecule has 4 nitrogen and oxygen atoms in total. The number of rotatable bonds is 2. The van der Waals surface area contributed by atoms with E-state index in [-0.39, 0.29) is 23.9 Å². The molecule has 1 aromatic rings. The molecule has 0 bridgehead atoms. The Morgan fingerprint density at radius 2 is 2.11 bits per heavy atom. The minimum atomic E-state index is -1.02. The van der Waals surface area contributed by atoms with Gasteiger partial charge in [0.25, 0.3) is 0 Å². The zero-order valence-corrected chi connectivity index (χ0v) is 9.50. The Kier molecular flexibility index (Phi) is 3.55. The van der Waals surface area contributed by atoms with E-state index >= 15 is 0 Å². The van der Waals surface area contributed by atoms with Crippen molar-refractivity contribution in [3.05, 3.63) is 29.8 Å². The molecular weight excluding hydrogens is 242 g/mol. The van der Waals surface area contributed by atoms with Crippen LogP contribution >= 0.6 is 0 Å². The molecule has 0 aromatic heterocycles. The van der Waals surface area contributed by atoms with Gasteiger partial charge in [0.1, 0.15) is 0 Å². The van der Waals surface area contributed by atoms with Gasteiger partial charge < -0.3 is 10.6 Å². The fourth-order valence-electron chi connectivity index (χ4n) is 1.83. The van der Waals surface area contributed by atoms with Crippen molar-refractivity contribution in [2.75, 3.05) is 11.9 Å². The zero-order chi connectivity index (χ0) is 13.1. The van der Waals surface area contributed by atoms with Crippen molar-refractivity contribution < 1.29 is 18.4 Å². The number of nitrogens with one attached hydrogen (secondary N) is 2. The van der Waals surface area contributed by atoms with Gasteiger partial charge in [0.2, 0.25) is 11.8 Å². The lowest BCUT2D eigenvalue weighted by Crippen LogP contribution is -2.38. The number of anilines is 1. The Hall–Kier alpha value is -1.98. The van der Waals surface area contributed by atoms with Crippen LogP contribution in [-0.2, 0) is 9.59 Å². The molecule has 1 heterocycles. The molecule has 2 N–H and O–H groups in total. The first-order chi connectivity index (χ1) is 8.56. The number of amides is 2. The molecule has 0 aliphatic carbocycles. The number of carbonyl (C=O) groups is 2. The first kappa shape index (κ1) is 12.5. The summed E-state index contributed by atoms with van der Waals surface area (Å²) in [6.07, 6.45) is 0.663. The molecule has 1 atom stereocenters. The van der Waals surface area contributed by atoms with Crippen LogP contribution in [0.4, 0.5) is 14.5 Å². The largest absolute Gasteiger partial charge is 0.356 e. The van der Waals surface area contributed by atoms with Crippen LogP contribution in [0.25, 0.3) is 0 Å². The standard InChI is InChI=1S/C12H12F2N2O2/c13-9-2-1-8(6-10(9)14)16-12(18)7-3-4-15-11(17)5-7/h1-2,6-7H,3-5H2,(H,15,17)(H,16,18). The number of hydrogen-bond donors (Lipinski definition) is 2. The average Bonchev–Trinajstić information content (AvgIpc) is 2.34. The topological polar surface area (TPSA) is 58.2 Å². The van der Waals surface area contributed by atoms with Gasteiger partial charge in [0.05, 0.1) is 0 Å². The van der Waals surface area contributed by atoms with Gasteiger partial charge in [-0.2, -0.15) is 0 Å². The average molecular weight is 254 g/mol. The van der Waals surface area contributed by atoms with Crippen LogP contribution in [0.2, 0.25) is 0 Å². The van der Waals surface area contributed by atoms with E-state index in [0.717, 1.165) is 12.1 Å². The SMILES string of the molecule is O=C1CC(C(=O)Nc2ccc(F)c(F)c2)CCN1. The zero-order valence-electron chi connectivity index (χ0n) is 9.50. The van der Waals surface area contributed by atoms with Crippen LogP contribution in [0.5, 0.6) is 0 Å². The first-order valence-electron chi connectivity index (χ1n) is 5.59. The lowest BCUT2D eigenvalue weighted by atomic mass is 9.96. The fourth-order valence-corrected chi connectivity index (χ4v) is 1.83. The van der Waals surface area contributed by atoms with Gasteiger partial charge >= 0.3 is 0 Å². The molecule has 18 heavy (non-hydrogen) atoms. The van der Waals surface area contributed by atoms with Crippen molar-refractivity contribution in [2.45, 2.75) is 12.8 Å². The fraction of sp³-hybridized carbons (Fsp3) is 0.333. The monoisotopic (exact) mass is 254 g/mol. The minimum absolute atomic E-state index is 0.121. The lowest BCUT2D eigenvalue weighted by molar-refractivity contribution is -0.129. The molecule has 0 radical (unpaired) electrons. The molecule has 2 amide bonds. The van der Waals surface area contributed by atoms with E-state index in [2.05, 4.69) is 10.6 Å². The number of benzene rings is 1. The van der Waals surface area contributed by atoms with Gasteiger partial charge in [0.15, 0.2) is 11.6 Å². The molecule has 0 saturated carbocycles. The number of halogens is 2. The summed E-state index contributed by atoms with van der Waals surface area (Å²) in [6, 6.07) is 3.13. The second-order valence-electron chi connectivity index (χ2n) is 4.16. The van der Waals surface area contributed by atoms with Crippen molar-refractivity contribution in [1.82, 2.24) is 5.32 Å². The molecule has 1 aliphatic heterocycles. The van der Waals surface area contributed by atoms with Gasteiger partial charge in [-0.25, -0.2) is 8.78 Å². The maximum atomic E-state index is 12.9. The number of piperidine rings is 1. The number of hydrogen-bond acceptors (Lipinski definition) is 2. The predicted octanol–water partition coefficient (Wildman–Crippen LogP) is 1.43. The molecule has 6 heteroatoms. The quantitative estimate of drug-likeness (QED) is 0.838. The summed E-state index contributed by atoms with van der Waals surface area (Å²) in [4.78, 5) is 22.9. The molecule has 1 fully saturated rings. The van der Waals surface area contributed by atoms with Crippen molar-refractivity contribution in [3.8, 4) is 0 Å². The Labute approximate surface area is 102 Å². The van der Waals surface area contributed by atoms with E-state index in [1.807, 2.05) is 0 Å². The number of carbonyl (C=O) groups excluding carboxylic acids is 2. The van der Waals surface area contributed by atoms with Crippen LogP contribution in [-0.4, -0.2) is 18.4 Å². The van der Waals surface area contributed by atoms with Crippen LogP contribution in [0, 0.1) is 17.6 Å². The van der Waals surface area contributed by atoms with Gasteiger partial charge in [-0.15, -0.1) is 0 Å². The highest BCUT2D eigenvalue weighted by Crippen LogP contribution is 2.18. The van der Waals surface area contributed by atoms with E-state index in [1.54, 1.807) is 0 Å². The molecule has 1 aromatic carbocycles. The van der Waals surface area contributed by atoms with E-state index in [0.29, 0.717) is 13.0 Å². The van der Waals surface area contributed by atoms with Gasteiger partial charge in [0, 0.05) is 30.6 Å². The normalized spacial score (nSPS) is 19.2. The summed E-state index contributed by atoms with van der Waals surface area (Å²) in [5.41, 5.74) is 0.185. The van der Waals surface area contributed by atoms with Crippen LogP contribution in [0.15, 0.2) is 18.2 Å². The maximum absolute atomic E-state index is 12.9. The summed E-state index contributed by atoms with van der Waals surface area (Å²) < 4.78 is 25.6. The van der Waals surface area contributed by atoms with E-state index in [1.165, 1.54) is 6.07 Å². The Morgan fingerprint density at radius 3 is 2.78 bits per heavy atom. The van der Waals surface area contributed by atoms with Crippen molar-refractivity contribution in [3.63, 3.8) is 0 Å². The van der Waals surface area contributed by atoms with Crippen LogP contribution in [0.3, 0.4) is 0 Å². The molecule has 2 rings (SSSR count). The van der Waals surface area contributed by atoms with Crippen molar-refractivity contribution in [2.24, 2.45) is 5.92 Å². The van der Waals surface area contributed by atoms with Gasteiger partial charge in [-0.05, 0) is 18.6 Å². The van der Waals surface area contributed by atoms with E-state index < -0.39 is 17.6 Å². The predicted molar refractivity (Wildman–Crippen MR) is 60.7 cm³/mol. The molecule has 0 spiro atoms. The summed E-state index contributed by atoms with van der Waals surface area (Å²) >= 11 is 0. The lowest BCUT2D eigenvalue weighted by Gasteiger charge is -2.21. The molecule has 96 valence electrons. The molecule has 1 unspecified atom stereocenters. The smallest absolute Gasteiger partial charge is 0.228 e. The highest BCUT2D eigenvalue weighted by Gasteiger charge is 2.25. The highest BCUT2D eigenvalue weighted by atomic mass is 19.2. The minimum Gasteiger partial charge on any atom is -0.356 e. The third-order valence-corrected chi connectivity index (χ3v) is 2.80. The molecule has 1 aliphatic rings. The summed E-state index contributed by atoms with van der Waals surface area (Å²) in [7, 11) is 0. The maximum Gasteiger partial charge on any atom is 0.228 e. The second-order valence-corrected chi connectivity index (χ2v) is 4.16. The van der Waals surface area contributed by atoms with E-state index in [4.69, 9.17) is 0 Å². The summed E-state index contributed by atoms with van der Waals surface area (Å²) in [5, 5.41) is 5.09. The third kappa shape index (κ3) is 2.82. The first-order valence-corrected chi connectivity index (χ1v) is 5.59.